The van der Waals surface area contributed by atoms with E-state index in [2.05, 4.69) is 59.9 Å². The summed E-state index contributed by atoms with van der Waals surface area (Å²) in [5.74, 6) is 0.975. The molecule has 1 aliphatic carbocycles. The van der Waals surface area contributed by atoms with Crippen LogP contribution in [0, 0.1) is 3.83 Å². The number of aromatic nitrogens is 2. The predicted molar refractivity (Wildman–Crippen MR) is 90.5 cm³/mol. The van der Waals surface area contributed by atoms with Gasteiger partial charge >= 0.3 is 0 Å². The molecule has 19 heavy (non-hydrogen) atoms. The molecule has 0 spiro atoms. The molecule has 1 fully saturated rings. The Morgan fingerprint density at radius 3 is 2.74 bits per heavy atom. The Bertz CT molecular complexity index is 597. The van der Waals surface area contributed by atoms with Crippen LogP contribution in [0.2, 0.25) is 0 Å². The Morgan fingerprint density at radius 2 is 1.95 bits per heavy atom. The number of benzene rings is 1. The van der Waals surface area contributed by atoms with Crippen molar-refractivity contribution >= 4 is 55.2 Å². The van der Waals surface area contributed by atoms with Gasteiger partial charge in [0.25, 0.3) is 0 Å². The lowest BCUT2D eigenvalue weighted by molar-refractivity contribution is 0.462. The SMILES string of the molecule is Brc1ccc2nc(I)nc(NC3CCCCC3)c2c1. The summed E-state index contributed by atoms with van der Waals surface area (Å²) in [6.07, 6.45) is 6.50. The summed E-state index contributed by atoms with van der Waals surface area (Å²) in [4.78, 5) is 9.07. The second-order valence-corrected chi connectivity index (χ2v) is 6.86. The van der Waals surface area contributed by atoms with Gasteiger partial charge in [0, 0.05) is 38.5 Å². The summed E-state index contributed by atoms with van der Waals surface area (Å²) in [5.41, 5.74) is 1.00. The van der Waals surface area contributed by atoms with Gasteiger partial charge in [0.2, 0.25) is 0 Å². The first-order valence-electron chi connectivity index (χ1n) is 6.62. The lowest BCUT2D eigenvalue weighted by Crippen LogP contribution is -2.23. The number of nitrogens with one attached hydrogen (secondary N) is 1. The van der Waals surface area contributed by atoms with Crippen molar-refractivity contribution in [1.29, 1.82) is 0 Å². The van der Waals surface area contributed by atoms with Crippen LogP contribution in [0.3, 0.4) is 0 Å². The molecule has 0 atom stereocenters. The van der Waals surface area contributed by atoms with Crippen LogP contribution in [0.4, 0.5) is 5.82 Å². The summed E-state index contributed by atoms with van der Waals surface area (Å²) in [5, 5.41) is 4.71. The molecule has 0 radical (unpaired) electrons. The highest BCUT2D eigenvalue weighted by Crippen LogP contribution is 2.27. The van der Waals surface area contributed by atoms with Gasteiger partial charge in [-0.25, -0.2) is 9.97 Å². The molecule has 0 amide bonds. The third-order valence-electron chi connectivity index (χ3n) is 3.58. The van der Waals surface area contributed by atoms with Gasteiger partial charge in [-0.3, -0.25) is 0 Å². The van der Waals surface area contributed by atoms with Gasteiger partial charge in [-0.1, -0.05) is 35.2 Å². The molecule has 1 aromatic heterocycles. The van der Waals surface area contributed by atoms with E-state index in [-0.39, 0.29) is 0 Å². The van der Waals surface area contributed by atoms with E-state index >= 15 is 0 Å². The third-order valence-corrected chi connectivity index (χ3v) is 4.55. The summed E-state index contributed by atoms with van der Waals surface area (Å²) >= 11 is 5.71. The van der Waals surface area contributed by atoms with Crippen LogP contribution < -0.4 is 5.32 Å². The fourth-order valence-corrected chi connectivity index (χ4v) is 3.48. The van der Waals surface area contributed by atoms with Crippen LogP contribution in [-0.2, 0) is 0 Å². The summed E-state index contributed by atoms with van der Waals surface area (Å²) in [6.45, 7) is 0. The second-order valence-electron chi connectivity index (χ2n) is 4.98. The fraction of sp³-hybridized carbons (Fsp3) is 0.429. The second kappa shape index (κ2) is 5.91. The molecule has 1 heterocycles. The minimum absolute atomic E-state index is 0.557. The molecule has 0 saturated heterocycles. The van der Waals surface area contributed by atoms with Gasteiger partial charge in [0.05, 0.1) is 5.52 Å². The summed E-state index contributed by atoms with van der Waals surface area (Å²) in [6, 6.07) is 6.71. The minimum atomic E-state index is 0.557. The number of fused-ring (bicyclic) bond motifs is 1. The van der Waals surface area contributed by atoms with Crippen LogP contribution in [-0.4, -0.2) is 16.0 Å². The highest BCUT2D eigenvalue weighted by Gasteiger charge is 2.15. The molecule has 1 N–H and O–H groups in total. The number of hydrogen-bond acceptors (Lipinski definition) is 3. The smallest absolute Gasteiger partial charge is 0.193 e. The third kappa shape index (κ3) is 3.18. The van der Waals surface area contributed by atoms with Gasteiger partial charge in [-0.15, -0.1) is 0 Å². The van der Waals surface area contributed by atoms with Gasteiger partial charge in [-0.2, -0.15) is 0 Å². The van der Waals surface area contributed by atoms with Crippen molar-refractivity contribution in [2.45, 2.75) is 38.1 Å². The first-order valence-corrected chi connectivity index (χ1v) is 8.49. The number of halogens is 2. The van der Waals surface area contributed by atoms with Crippen molar-refractivity contribution in [3.05, 3.63) is 26.5 Å². The Labute approximate surface area is 134 Å². The molecule has 3 rings (SSSR count). The molecular formula is C14H15BrIN3. The average molecular weight is 432 g/mol. The van der Waals surface area contributed by atoms with E-state index in [1.54, 1.807) is 0 Å². The lowest BCUT2D eigenvalue weighted by atomic mass is 9.95. The van der Waals surface area contributed by atoms with Gasteiger partial charge in [0.1, 0.15) is 5.82 Å². The molecule has 2 aromatic rings. The minimum Gasteiger partial charge on any atom is -0.367 e. The molecular weight excluding hydrogens is 417 g/mol. The highest BCUT2D eigenvalue weighted by atomic mass is 127. The molecule has 1 aliphatic rings. The monoisotopic (exact) mass is 431 g/mol. The van der Waals surface area contributed by atoms with Crippen molar-refractivity contribution in [3.8, 4) is 0 Å². The quantitative estimate of drug-likeness (QED) is 0.551. The summed E-state index contributed by atoms with van der Waals surface area (Å²) in [7, 11) is 0. The van der Waals surface area contributed by atoms with Crippen molar-refractivity contribution in [3.63, 3.8) is 0 Å². The van der Waals surface area contributed by atoms with Crippen LogP contribution in [0.15, 0.2) is 22.7 Å². The topological polar surface area (TPSA) is 37.8 Å². The zero-order valence-corrected chi connectivity index (χ0v) is 14.2. The van der Waals surface area contributed by atoms with E-state index in [1.165, 1.54) is 32.1 Å². The van der Waals surface area contributed by atoms with Crippen LogP contribution in [0.25, 0.3) is 10.9 Å². The van der Waals surface area contributed by atoms with E-state index in [0.29, 0.717) is 6.04 Å². The average Bonchev–Trinajstić information content (AvgIpc) is 2.41. The van der Waals surface area contributed by atoms with Crippen molar-refractivity contribution in [2.75, 3.05) is 5.32 Å². The van der Waals surface area contributed by atoms with Crippen LogP contribution in [0.5, 0.6) is 0 Å². The van der Waals surface area contributed by atoms with Crippen LogP contribution in [0.1, 0.15) is 32.1 Å². The van der Waals surface area contributed by atoms with E-state index in [0.717, 1.165) is 25.0 Å². The Hall–Kier alpha value is -0.430. The number of hydrogen-bond donors (Lipinski definition) is 1. The molecule has 1 aromatic carbocycles. The zero-order valence-electron chi connectivity index (χ0n) is 10.5. The number of anilines is 1. The normalized spacial score (nSPS) is 16.7. The van der Waals surface area contributed by atoms with E-state index in [1.807, 2.05) is 12.1 Å². The maximum atomic E-state index is 4.58. The molecule has 3 nitrogen and oxygen atoms in total. The first-order chi connectivity index (χ1) is 9.22. The maximum absolute atomic E-state index is 4.58. The first kappa shape index (κ1) is 13.5. The van der Waals surface area contributed by atoms with Gasteiger partial charge in [-0.05, 0) is 31.0 Å². The fourth-order valence-electron chi connectivity index (χ4n) is 2.62. The Kier molecular flexibility index (Phi) is 4.21. The van der Waals surface area contributed by atoms with Crippen LogP contribution >= 0.6 is 38.5 Å². The molecule has 100 valence electrons. The van der Waals surface area contributed by atoms with Gasteiger partial charge in [0.15, 0.2) is 3.83 Å². The van der Waals surface area contributed by atoms with Crippen molar-refractivity contribution in [2.24, 2.45) is 0 Å². The highest BCUT2D eigenvalue weighted by molar-refractivity contribution is 14.1. The van der Waals surface area contributed by atoms with E-state index in [9.17, 15) is 0 Å². The molecule has 5 heteroatoms. The molecule has 0 aliphatic heterocycles. The molecule has 1 saturated carbocycles. The predicted octanol–water partition coefficient (Wildman–Crippen LogP) is 4.74. The number of nitrogens with zero attached hydrogens (tertiary/aromatic N) is 2. The lowest BCUT2D eigenvalue weighted by Gasteiger charge is -2.24. The summed E-state index contributed by atoms with van der Waals surface area (Å²) < 4.78 is 1.86. The maximum Gasteiger partial charge on any atom is 0.193 e. The van der Waals surface area contributed by atoms with Crippen molar-refractivity contribution < 1.29 is 0 Å². The molecule has 0 bridgehead atoms. The number of rotatable bonds is 2. The standard InChI is InChI=1S/C14H15BrIN3/c15-9-6-7-12-11(8-9)13(19-14(16)18-12)17-10-4-2-1-3-5-10/h6-8,10H,1-5H2,(H,17,18,19). The largest absolute Gasteiger partial charge is 0.367 e. The Morgan fingerprint density at radius 1 is 1.16 bits per heavy atom. The van der Waals surface area contributed by atoms with Gasteiger partial charge < -0.3 is 5.32 Å². The van der Waals surface area contributed by atoms with Crippen molar-refractivity contribution in [1.82, 2.24) is 9.97 Å². The van der Waals surface area contributed by atoms with E-state index in [4.69, 9.17) is 0 Å². The van der Waals surface area contributed by atoms with E-state index < -0.39 is 0 Å². The Balaban J connectivity index is 1.98. The molecule has 0 unspecified atom stereocenters. The zero-order chi connectivity index (χ0) is 13.2.